The number of hydrogen-bond donors (Lipinski definition) is 2. The van der Waals surface area contributed by atoms with Crippen LogP contribution < -0.4 is 10.6 Å². The summed E-state index contributed by atoms with van der Waals surface area (Å²) in [6.45, 7) is 10.6. The van der Waals surface area contributed by atoms with E-state index in [9.17, 15) is 0 Å². The third kappa shape index (κ3) is 4.78. The average molecular weight is 490 g/mol. The summed E-state index contributed by atoms with van der Waals surface area (Å²) in [6, 6.07) is 0.471. The van der Waals surface area contributed by atoms with Crippen LogP contribution in [0.3, 0.4) is 0 Å². The monoisotopic (exact) mass is 490 g/mol. The van der Waals surface area contributed by atoms with Gasteiger partial charge in [-0.25, -0.2) is 0 Å². The van der Waals surface area contributed by atoms with Crippen LogP contribution in [-0.4, -0.2) is 43.0 Å². The maximum atomic E-state index is 6.03. The summed E-state index contributed by atoms with van der Waals surface area (Å²) >= 11 is 0. The molecule has 6 nitrogen and oxygen atoms in total. The van der Waals surface area contributed by atoms with Crippen molar-refractivity contribution in [3.63, 3.8) is 0 Å². The Hall–Kier alpha value is -0.830. The quantitative estimate of drug-likeness (QED) is 0.346. The van der Waals surface area contributed by atoms with Gasteiger partial charge in [0.2, 0.25) is 0 Å². The molecule has 2 aliphatic rings. The molecule has 1 heterocycles. The number of aliphatic imine (C=N–C) groups is 1. The van der Waals surface area contributed by atoms with Crippen molar-refractivity contribution in [2.24, 2.45) is 10.4 Å². The number of aryl methyl sites for hydroxylation is 2. The molecule has 2 N–H and O–H groups in total. The van der Waals surface area contributed by atoms with Crippen LogP contribution in [0.15, 0.2) is 9.52 Å². The number of nitrogens with zero attached hydrogens (tertiary/aromatic N) is 2. The van der Waals surface area contributed by atoms with E-state index < -0.39 is 0 Å². The molecule has 2 atom stereocenters. The Morgan fingerprint density at radius 1 is 1.30 bits per heavy atom. The molecule has 0 amide bonds. The molecule has 2 fully saturated rings. The van der Waals surface area contributed by atoms with Crippen molar-refractivity contribution in [2.45, 2.75) is 78.4 Å². The minimum absolute atomic E-state index is 0. The van der Waals surface area contributed by atoms with Gasteiger partial charge in [-0.05, 0) is 53.4 Å². The molecule has 0 saturated heterocycles. The van der Waals surface area contributed by atoms with Gasteiger partial charge in [0, 0.05) is 36.7 Å². The Bertz CT molecular complexity index is 606. The first-order valence-electron chi connectivity index (χ1n) is 10.2. The Morgan fingerprint density at radius 2 is 2.04 bits per heavy atom. The second-order valence-electron chi connectivity index (χ2n) is 7.63. The minimum atomic E-state index is 0. The van der Waals surface area contributed by atoms with Crippen molar-refractivity contribution in [3.05, 3.63) is 17.0 Å². The molecule has 1 aromatic heterocycles. The Labute approximate surface area is 180 Å². The summed E-state index contributed by atoms with van der Waals surface area (Å²) in [4.78, 5) is 4.80. The highest BCUT2D eigenvalue weighted by Crippen LogP contribution is 2.54. The van der Waals surface area contributed by atoms with Crippen molar-refractivity contribution in [1.29, 1.82) is 0 Å². The molecular formula is C20H35IN4O2. The Morgan fingerprint density at radius 3 is 2.63 bits per heavy atom. The van der Waals surface area contributed by atoms with E-state index in [4.69, 9.17) is 14.3 Å². The fourth-order valence-electron chi connectivity index (χ4n) is 4.71. The lowest BCUT2D eigenvalue weighted by atomic mass is 9.60. The predicted octanol–water partition coefficient (Wildman–Crippen LogP) is 3.74. The second kappa shape index (κ2) is 10.1. The third-order valence-electron chi connectivity index (χ3n) is 6.16. The fraction of sp³-hybridized carbons (Fsp3) is 0.800. The second-order valence-corrected chi connectivity index (χ2v) is 7.63. The number of halogens is 1. The third-order valence-corrected chi connectivity index (χ3v) is 6.16. The van der Waals surface area contributed by atoms with E-state index in [1.807, 2.05) is 13.8 Å². The van der Waals surface area contributed by atoms with Gasteiger partial charge in [0.05, 0.1) is 11.8 Å². The van der Waals surface area contributed by atoms with Crippen LogP contribution in [0.2, 0.25) is 0 Å². The summed E-state index contributed by atoms with van der Waals surface area (Å²) in [5.41, 5.74) is 2.46. The molecule has 27 heavy (non-hydrogen) atoms. The van der Waals surface area contributed by atoms with Gasteiger partial charge >= 0.3 is 0 Å². The van der Waals surface area contributed by atoms with Crippen LogP contribution >= 0.6 is 24.0 Å². The first-order valence-corrected chi connectivity index (χ1v) is 10.2. The molecule has 1 spiro atoms. The lowest BCUT2D eigenvalue weighted by Gasteiger charge is -2.54. The van der Waals surface area contributed by atoms with Crippen LogP contribution in [0.1, 0.15) is 63.0 Å². The Kier molecular flexibility index (Phi) is 8.39. The molecular weight excluding hydrogens is 455 g/mol. The zero-order valence-corrected chi connectivity index (χ0v) is 19.5. The highest BCUT2D eigenvalue weighted by molar-refractivity contribution is 14.0. The van der Waals surface area contributed by atoms with Gasteiger partial charge in [-0.15, -0.1) is 24.0 Å². The van der Waals surface area contributed by atoms with Crippen molar-refractivity contribution >= 4 is 29.9 Å². The van der Waals surface area contributed by atoms with Crippen molar-refractivity contribution < 1.29 is 9.26 Å². The van der Waals surface area contributed by atoms with Gasteiger partial charge in [0.15, 0.2) is 5.96 Å². The highest BCUT2D eigenvalue weighted by atomic mass is 127. The topological polar surface area (TPSA) is 71.7 Å². The normalized spacial score (nSPS) is 23.8. The maximum Gasteiger partial charge on any atom is 0.191 e. The van der Waals surface area contributed by atoms with Crippen molar-refractivity contribution in [3.8, 4) is 0 Å². The summed E-state index contributed by atoms with van der Waals surface area (Å²) in [5.74, 6) is 1.82. The van der Waals surface area contributed by atoms with Gasteiger partial charge in [-0.3, -0.25) is 4.99 Å². The highest BCUT2D eigenvalue weighted by Gasteiger charge is 2.56. The number of aromatic nitrogens is 1. The summed E-state index contributed by atoms with van der Waals surface area (Å²) in [6.07, 6.45) is 7.54. The van der Waals surface area contributed by atoms with Gasteiger partial charge < -0.3 is 19.9 Å². The smallest absolute Gasteiger partial charge is 0.191 e. The standard InChI is InChI=1S/C20H34N4O2.HI/c1-5-21-19(22-12-9-16-14(3)24-26-15(16)4)23-17-13-18(25-6-2)20(17)10-7-8-11-20;/h17-18H,5-13H2,1-4H3,(H2,21,22,23);1H. The van der Waals surface area contributed by atoms with E-state index in [0.29, 0.717) is 17.6 Å². The molecule has 2 unspecified atom stereocenters. The van der Waals surface area contributed by atoms with E-state index in [1.165, 1.54) is 31.2 Å². The van der Waals surface area contributed by atoms with Crippen LogP contribution in [0.5, 0.6) is 0 Å². The van der Waals surface area contributed by atoms with E-state index in [-0.39, 0.29) is 24.0 Å². The van der Waals surface area contributed by atoms with Crippen LogP contribution in [0.4, 0.5) is 0 Å². The van der Waals surface area contributed by atoms with Crippen LogP contribution in [0.25, 0.3) is 0 Å². The molecule has 7 heteroatoms. The Balaban J connectivity index is 0.00000261. The lowest BCUT2D eigenvalue weighted by molar-refractivity contribution is -0.125. The molecule has 0 aromatic carbocycles. The van der Waals surface area contributed by atoms with Gasteiger partial charge in [0.1, 0.15) is 5.76 Å². The molecule has 154 valence electrons. The van der Waals surface area contributed by atoms with Crippen LogP contribution in [0, 0.1) is 19.3 Å². The molecule has 0 bridgehead atoms. The average Bonchev–Trinajstić information content (AvgIpc) is 3.25. The number of rotatable bonds is 7. The van der Waals surface area contributed by atoms with Crippen molar-refractivity contribution in [1.82, 2.24) is 15.8 Å². The molecule has 3 rings (SSSR count). The lowest BCUT2D eigenvalue weighted by Crippen LogP contribution is -2.65. The molecule has 2 saturated carbocycles. The van der Waals surface area contributed by atoms with Crippen LogP contribution in [-0.2, 0) is 11.2 Å². The molecule has 0 aliphatic heterocycles. The number of guanidine groups is 1. The minimum Gasteiger partial charge on any atom is -0.378 e. The maximum absolute atomic E-state index is 6.03. The van der Waals surface area contributed by atoms with E-state index in [1.54, 1.807) is 0 Å². The molecule has 1 aromatic rings. The van der Waals surface area contributed by atoms with Crippen molar-refractivity contribution in [2.75, 3.05) is 19.7 Å². The summed E-state index contributed by atoms with van der Waals surface area (Å²) < 4.78 is 11.3. The summed E-state index contributed by atoms with van der Waals surface area (Å²) in [5, 5.41) is 11.1. The molecule has 0 radical (unpaired) electrons. The first kappa shape index (κ1) is 22.5. The van der Waals surface area contributed by atoms with Gasteiger partial charge in [-0.1, -0.05) is 18.0 Å². The fourth-order valence-corrected chi connectivity index (χ4v) is 4.71. The van der Waals surface area contributed by atoms with Gasteiger partial charge in [0.25, 0.3) is 0 Å². The van der Waals surface area contributed by atoms with E-state index >= 15 is 0 Å². The zero-order valence-electron chi connectivity index (χ0n) is 17.1. The number of hydrogen-bond acceptors (Lipinski definition) is 4. The van der Waals surface area contributed by atoms with E-state index in [0.717, 1.165) is 50.0 Å². The molecule has 2 aliphatic carbocycles. The predicted molar refractivity (Wildman–Crippen MR) is 119 cm³/mol. The van der Waals surface area contributed by atoms with E-state index in [2.05, 4.69) is 29.6 Å². The van der Waals surface area contributed by atoms with Gasteiger partial charge in [-0.2, -0.15) is 0 Å². The largest absolute Gasteiger partial charge is 0.378 e. The number of ether oxygens (including phenoxy) is 1. The first-order chi connectivity index (χ1) is 12.6. The SMILES string of the molecule is CCNC(=NCCc1c(C)noc1C)NC1CC(OCC)C12CCCC2.I. The zero-order chi connectivity index (χ0) is 18.6. The number of nitrogens with one attached hydrogen (secondary N) is 2. The summed E-state index contributed by atoms with van der Waals surface area (Å²) in [7, 11) is 0.